The molecule has 27 heteroatoms. The molecule has 22 nitrogen and oxygen atoms in total. The Morgan fingerprint density at radius 3 is 1.84 bits per heavy atom. The van der Waals surface area contributed by atoms with Crippen LogP contribution in [-0.4, -0.2) is 120 Å². The lowest BCUT2D eigenvalue weighted by atomic mass is 10.1. The van der Waals surface area contributed by atoms with Crippen LogP contribution in [0.1, 0.15) is 31.9 Å². The molecule has 6 N–H and O–H groups in total. The lowest BCUT2D eigenvalue weighted by Crippen LogP contribution is -2.34. The van der Waals surface area contributed by atoms with E-state index in [1.807, 2.05) is 0 Å². The molecule has 0 amide bonds. The van der Waals surface area contributed by atoms with Gasteiger partial charge in [-0.05, 0) is 25.7 Å². The summed E-state index contributed by atoms with van der Waals surface area (Å²) in [7, 11) is -24.5. The topological polar surface area (TPSA) is 341 Å². The van der Waals surface area contributed by atoms with Crippen molar-refractivity contribution in [1.29, 1.82) is 0 Å². The van der Waals surface area contributed by atoms with Crippen molar-refractivity contribution < 1.29 is 74.8 Å². The number of hydrogen-bond donors (Lipinski definition) is 5. The molecule has 258 valence electrons. The van der Waals surface area contributed by atoms with E-state index in [1.54, 1.807) is 0 Å². The largest absolute Gasteiger partial charge is 0.504 e. The second-order valence-corrected chi connectivity index (χ2v) is 18.1. The fraction of sp³-hybridized carbons (Fsp3) is 0.722. The molecule has 2 aromatic rings. The van der Waals surface area contributed by atoms with Gasteiger partial charge in [-0.25, -0.2) is 19.5 Å². The first-order valence-electron chi connectivity index (χ1n) is 12.6. The van der Waals surface area contributed by atoms with Gasteiger partial charge in [-0.2, -0.15) is 41.6 Å². The number of nitrogen functional groups attached to an aromatic ring is 1. The van der Waals surface area contributed by atoms with Crippen LogP contribution in [0.3, 0.4) is 0 Å². The number of rotatable bonds is 18. The first-order valence-corrected chi connectivity index (χ1v) is 20.4. The van der Waals surface area contributed by atoms with Crippen LogP contribution in [0.4, 0.5) is 5.82 Å². The van der Waals surface area contributed by atoms with Gasteiger partial charge in [0.2, 0.25) is 0 Å². The first-order chi connectivity index (χ1) is 20.6. The molecule has 1 fully saturated rings. The zero-order valence-corrected chi connectivity index (χ0v) is 27.0. The third kappa shape index (κ3) is 11.4. The molecule has 45 heavy (non-hydrogen) atoms. The summed E-state index contributed by atoms with van der Waals surface area (Å²) in [5, 5.41) is 21.1. The number of unbranched alkanes of at least 4 members (excludes halogenated alkanes) is 2. The Bertz CT molecular complexity index is 1760. The number of aliphatic hydroxyl groups is 2. The number of hydrogen-bond acceptors (Lipinski definition) is 19. The lowest BCUT2D eigenvalue weighted by Gasteiger charge is -2.20. The van der Waals surface area contributed by atoms with Crippen LogP contribution < -0.4 is 5.73 Å². The molecule has 4 atom stereocenters. The number of anilines is 1. The van der Waals surface area contributed by atoms with Crippen LogP contribution >= 0.6 is 7.82 Å². The van der Waals surface area contributed by atoms with Crippen molar-refractivity contribution in [2.45, 2.75) is 50.2 Å². The van der Waals surface area contributed by atoms with E-state index in [2.05, 4.69) is 22.9 Å². The second kappa shape index (κ2) is 14.4. The molecule has 3 heterocycles. The molecule has 0 aromatic carbocycles. The number of nitrogens with zero attached hydrogens (tertiary/aromatic N) is 4. The molecule has 1 saturated heterocycles. The molecule has 0 saturated carbocycles. The Hall–Kier alpha value is -1.94. The highest BCUT2D eigenvalue weighted by Crippen LogP contribution is 2.53. The minimum atomic E-state index is -5.69. The van der Waals surface area contributed by atoms with Gasteiger partial charge in [0.15, 0.2) is 17.7 Å². The molecule has 2 aromatic heterocycles. The smallest absolute Gasteiger partial charge is 0.387 e. The lowest BCUT2D eigenvalue weighted by molar-refractivity contribution is -0.0497. The quantitative estimate of drug-likeness (QED) is 0.0636. The van der Waals surface area contributed by atoms with Crippen molar-refractivity contribution in [3.63, 3.8) is 0 Å². The molecule has 0 aliphatic carbocycles. The van der Waals surface area contributed by atoms with E-state index in [0.29, 0.717) is 0 Å². The van der Waals surface area contributed by atoms with Gasteiger partial charge in [-0.1, -0.05) is 0 Å². The fourth-order valence-corrected chi connectivity index (χ4v) is 9.92. The van der Waals surface area contributed by atoms with Crippen LogP contribution in [0.25, 0.3) is 11.2 Å². The maximum Gasteiger partial charge on any atom is 0.504 e. The van der Waals surface area contributed by atoms with E-state index in [1.165, 1.54) is 4.57 Å². The minimum absolute atomic E-state index is 0.0136. The SMILES string of the molecule is Nc1ncnc2c1ncn2[C@@H]1O[C@H](COP(=O)(OS(=O)(=O)CCCCS(=O)(=O)O)OS(=O)(=O)CCCCS(=O)(=O)O)[C@@H](O)[C@H]1O. The summed E-state index contributed by atoms with van der Waals surface area (Å²) in [5.74, 6) is -3.72. The van der Waals surface area contributed by atoms with Crippen LogP contribution in [0.2, 0.25) is 0 Å². The number of aromatic nitrogens is 4. The second-order valence-electron chi connectivity index (χ2n) is 9.53. The summed E-state index contributed by atoms with van der Waals surface area (Å²) in [6, 6.07) is 0. The standard InChI is InChI=1S/C18H30N5O17PS4/c19-16-13-17(21-10-20-16)23(11-22-13)18-15(25)14(24)12(38-18)9-37-41(26,39-44(33,34)7-3-1-5-42(27,28)29)40-45(35,36)8-4-2-6-43(30,31)32/h10-12,14-15,18,24-25H,1-9H2,(H2,19,20,21)(H,27,28,29)(H,30,31,32)/t12-,14-,15-,18-/m1/s1. The Morgan fingerprint density at radius 2 is 1.33 bits per heavy atom. The molecule has 3 rings (SSSR count). The summed E-state index contributed by atoms with van der Waals surface area (Å²) in [5.41, 5.74) is 5.94. The Balaban J connectivity index is 1.76. The number of fused-ring (bicyclic) bond motifs is 1. The molecule has 0 radical (unpaired) electrons. The number of nitrogens with two attached hydrogens (primary N) is 1. The molecule has 0 spiro atoms. The Kier molecular flexibility index (Phi) is 12.0. The van der Waals surface area contributed by atoms with Gasteiger partial charge in [0.25, 0.3) is 40.5 Å². The average molecular weight is 748 g/mol. The normalized spacial score (nSPS) is 21.9. The van der Waals surface area contributed by atoms with Crippen molar-refractivity contribution in [3.8, 4) is 0 Å². The molecule has 1 aliphatic heterocycles. The summed E-state index contributed by atoms with van der Waals surface area (Å²) in [6.07, 6.45) is -6.01. The molecule has 0 unspecified atom stereocenters. The van der Waals surface area contributed by atoms with E-state index in [0.717, 1.165) is 12.7 Å². The van der Waals surface area contributed by atoms with E-state index in [9.17, 15) is 48.4 Å². The Morgan fingerprint density at radius 1 is 0.822 bits per heavy atom. The highest BCUT2D eigenvalue weighted by molar-refractivity contribution is 7.94. The third-order valence-corrected chi connectivity index (χ3v) is 12.8. The maximum absolute atomic E-state index is 13.4. The predicted molar refractivity (Wildman–Crippen MR) is 150 cm³/mol. The first kappa shape index (κ1) is 37.5. The van der Waals surface area contributed by atoms with Crippen LogP contribution in [0.15, 0.2) is 12.7 Å². The summed E-state index contributed by atoms with van der Waals surface area (Å²) >= 11 is 0. The predicted octanol–water partition coefficient (Wildman–Crippen LogP) is -1.82. The van der Waals surface area contributed by atoms with Crippen molar-refractivity contribution in [2.24, 2.45) is 0 Å². The van der Waals surface area contributed by atoms with Crippen LogP contribution in [-0.2, 0) is 62.2 Å². The van der Waals surface area contributed by atoms with Crippen LogP contribution in [0, 0.1) is 0 Å². The van der Waals surface area contributed by atoms with Gasteiger partial charge in [0, 0.05) is 0 Å². The number of imidazole rings is 1. The van der Waals surface area contributed by atoms with Crippen molar-refractivity contribution in [2.75, 3.05) is 35.4 Å². The molecular formula is C18H30N5O17PS4. The average Bonchev–Trinajstić information content (AvgIpc) is 3.43. The number of aliphatic hydroxyl groups excluding tert-OH is 2. The van der Waals surface area contributed by atoms with Crippen molar-refractivity contribution in [1.82, 2.24) is 19.5 Å². The number of phosphoric acid groups is 1. The van der Waals surface area contributed by atoms with E-state index < -0.39 is 115 Å². The maximum atomic E-state index is 13.4. The zero-order valence-electron chi connectivity index (χ0n) is 22.9. The highest BCUT2D eigenvalue weighted by Gasteiger charge is 2.47. The van der Waals surface area contributed by atoms with E-state index >= 15 is 0 Å². The molecular weight excluding hydrogens is 717 g/mol. The van der Waals surface area contributed by atoms with E-state index in [-0.39, 0.29) is 29.8 Å². The van der Waals surface area contributed by atoms with Crippen molar-refractivity contribution in [3.05, 3.63) is 12.7 Å². The van der Waals surface area contributed by atoms with Gasteiger partial charge >= 0.3 is 7.82 Å². The fourth-order valence-electron chi connectivity index (χ4n) is 3.85. The monoisotopic (exact) mass is 747 g/mol. The van der Waals surface area contributed by atoms with Gasteiger partial charge in [0.05, 0.1) is 35.9 Å². The molecule has 0 bridgehead atoms. The third-order valence-electron chi connectivity index (χ3n) is 5.90. The van der Waals surface area contributed by atoms with Gasteiger partial charge in [-0.3, -0.25) is 18.2 Å². The van der Waals surface area contributed by atoms with Crippen molar-refractivity contribution >= 4 is 65.3 Å². The Labute approximate surface area is 257 Å². The summed E-state index contributed by atoms with van der Waals surface area (Å²) in [6.45, 7) is -1.09. The van der Waals surface area contributed by atoms with Gasteiger partial charge in [0.1, 0.15) is 30.2 Å². The summed E-state index contributed by atoms with van der Waals surface area (Å²) in [4.78, 5) is 11.7. The van der Waals surface area contributed by atoms with Gasteiger partial charge < -0.3 is 20.7 Å². The van der Waals surface area contributed by atoms with Crippen LogP contribution in [0.5, 0.6) is 0 Å². The summed E-state index contributed by atoms with van der Waals surface area (Å²) < 4.78 is 145. The zero-order chi connectivity index (χ0) is 33.8. The van der Waals surface area contributed by atoms with E-state index in [4.69, 9.17) is 24.1 Å². The minimum Gasteiger partial charge on any atom is -0.387 e. The number of ether oxygens (including phenoxy) is 1. The van der Waals surface area contributed by atoms with Gasteiger partial charge in [-0.15, -0.1) is 0 Å². The molecule has 1 aliphatic rings. The highest BCUT2D eigenvalue weighted by atomic mass is 32.2.